The van der Waals surface area contributed by atoms with Gasteiger partial charge in [-0.05, 0) is 31.0 Å². The number of allylic oxidation sites excluding steroid dienone is 1. The fourth-order valence-corrected chi connectivity index (χ4v) is 4.43. The topological polar surface area (TPSA) is 124 Å². The molecule has 9 heteroatoms. The van der Waals surface area contributed by atoms with Crippen LogP contribution >= 0.6 is 0 Å². The van der Waals surface area contributed by atoms with Gasteiger partial charge < -0.3 is 34.3 Å². The molecule has 1 saturated heterocycles. The molecular weight excluding hydrogens is 448 g/mol. The molecule has 1 atom stereocenters. The molecule has 3 aromatic rings. The highest BCUT2D eigenvalue weighted by Crippen LogP contribution is 2.37. The van der Waals surface area contributed by atoms with Crippen molar-refractivity contribution in [1.82, 2.24) is 9.55 Å². The molecule has 4 rings (SSSR count). The van der Waals surface area contributed by atoms with Crippen LogP contribution in [-0.4, -0.2) is 64.6 Å². The third-order valence-electron chi connectivity index (χ3n) is 6.18. The first-order valence-corrected chi connectivity index (χ1v) is 11.7. The Kier molecular flexibility index (Phi) is 7.56. The maximum absolute atomic E-state index is 11.2. The molecule has 0 amide bonds. The number of benzene rings is 2. The summed E-state index contributed by atoms with van der Waals surface area (Å²) in [5.41, 5.74) is 3.80. The number of aromatic nitrogens is 2. The van der Waals surface area contributed by atoms with Gasteiger partial charge in [-0.25, -0.2) is 4.98 Å². The van der Waals surface area contributed by atoms with Gasteiger partial charge in [-0.1, -0.05) is 19.1 Å². The number of nitrogens with zero attached hydrogens (tertiary/aromatic N) is 4. The van der Waals surface area contributed by atoms with Gasteiger partial charge >= 0.3 is 0 Å². The zero-order valence-electron chi connectivity index (χ0n) is 19.9. The number of nitriles is 1. The Morgan fingerprint density at radius 1 is 1.31 bits per heavy atom. The van der Waals surface area contributed by atoms with E-state index >= 15 is 0 Å². The molecule has 1 aromatic heterocycles. The van der Waals surface area contributed by atoms with Gasteiger partial charge in [0.05, 0.1) is 48.7 Å². The largest absolute Gasteiger partial charge is 0.507 e. The van der Waals surface area contributed by atoms with E-state index < -0.39 is 6.23 Å². The predicted molar refractivity (Wildman–Crippen MR) is 133 cm³/mol. The average molecular weight is 479 g/mol. The van der Waals surface area contributed by atoms with Crippen molar-refractivity contribution in [3.63, 3.8) is 0 Å². The number of aryl methyl sites for hydroxylation is 1. The van der Waals surface area contributed by atoms with Crippen LogP contribution in [-0.2, 0) is 11.3 Å². The molecule has 0 aliphatic carbocycles. The number of rotatable bonds is 8. The Labute approximate surface area is 204 Å². The third-order valence-corrected chi connectivity index (χ3v) is 6.18. The molecule has 1 aliphatic heterocycles. The first kappa shape index (κ1) is 24.5. The number of anilines is 1. The van der Waals surface area contributed by atoms with E-state index in [0.29, 0.717) is 72.0 Å². The first-order chi connectivity index (χ1) is 17.0. The molecule has 0 bridgehead atoms. The van der Waals surface area contributed by atoms with Gasteiger partial charge in [0.2, 0.25) is 0 Å². The third kappa shape index (κ3) is 4.82. The lowest BCUT2D eigenvalue weighted by Gasteiger charge is -2.34. The number of aliphatic hydroxyl groups excluding tert-OH is 3. The van der Waals surface area contributed by atoms with Crippen LogP contribution in [0.2, 0.25) is 0 Å². The molecular formula is C26H30N4O5. The van der Waals surface area contributed by atoms with Crippen LogP contribution in [0, 0.1) is 11.3 Å². The summed E-state index contributed by atoms with van der Waals surface area (Å²) < 4.78 is 13.0. The van der Waals surface area contributed by atoms with Crippen LogP contribution in [0.1, 0.15) is 36.7 Å². The number of aliphatic hydroxyl groups is 3. The molecule has 184 valence electrons. The van der Waals surface area contributed by atoms with Crippen LogP contribution in [0.15, 0.2) is 36.4 Å². The second-order valence-corrected chi connectivity index (χ2v) is 8.30. The van der Waals surface area contributed by atoms with Crippen molar-refractivity contribution in [3.8, 4) is 11.8 Å². The van der Waals surface area contributed by atoms with Crippen molar-refractivity contribution in [2.45, 2.75) is 32.5 Å². The van der Waals surface area contributed by atoms with Crippen LogP contribution in [0.3, 0.4) is 0 Å². The van der Waals surface area contributed by atoms with Gasteiger partial charge in [-0.15, -0.1) is 0 Å². The summed E-state index contributed by atoms with van der Waals surface area (Å²) in [4.78, 5) is 6.71. The van der Waals surface area contributed by atoms with E-state index in [1.54, 1.807) is 31.4 Å². The second kappa shape index (κ2) is 10.8. The molecule has 1 fully saturated rings. The summed E-state index contributed by atoms with van der Waals surface area (Å²) in [6.45, 7) is 3.64. The van der Waals surface area contributed by atoms with Crippen molar-refractivity contribution < 1.29 is 24.8 Å². The summed E-state index contributed by atoms with van der Waals surface area (Å²) in [5.74, 6) is 1.22. The minimum Gasteiger partial charge on any atom is -0.507 e. The van der Waals surface area contributed by atoms with Crippen LogP contribution in [0.4, 0.5) is 5.69 Å². The minimum atomic E-state index is -0.798. The molecule has 3 N–H and O–H groups in total. The van der Waals surface area contributed by atoms with E-state index in [2.05, 4.69) is 6.07 Å². The van der Waals surface area contributed by atoms with E-state index in [1.165, 1.54) is 0 Å². The van der Waals surface area contributed by atoms with Crippen molar-refractivity contribution in [2.24, 2.45) is 0 Å². The van der Waals surface area contributed by atoms with Gasteiger partial charge in [0.15, 0.2) is 6.23 Å². The Morgan fingerprint density at radius 2 is 2.14 bits per heavy atom. The normalized spacial score (nSPS) is 16.8. The standard InChI is InChI=1S/C26H30N4O5/c1-3-19(25(33)18-7-4-6-17(12-18)15-27)26-28-20-13-22(29-9-11-35-16-24(29)32)23(34-2)14-21(20)30(26)8-5-10-31/h4,6-7,12-14,24,31-33H,3,5,8-11,16H2,1-2H3. The van der Waals surface area contributed by atoms with E-state index in [9.17, 15) is 20.6 Å². The molecule has 9 nitrogen and oxygen atoms in total. The van der Waals surface area contributed by atoms with E-state index in [-0.39, 0.29) is 19.0 Å². The summed E-state index contributed by atoms with van der Waals surface area (Å²) in [6.07, 6.45) is 0.206. The summed E-state index contributed by atoms with van der Waals surface area (Å²) >= 11 is 0. The van der Waals surface area contributed by atoms with Gasteiger partial charge in [-0.2, -0.15) is 5.26 Å². The maximum Gasteiger partial charge on any atom is 0.150 e. The Bertz CT molecular complexity index is 1280. The first-order valence-electron chi connectivity index (χ1n) is 11.7. The molecule has 0 saturated carbocycles. The SMILES string of the molecule is CCC(=C(O)c1cccc(C#N)c1)c1nc2cc(N3CCOCC3O)c(OC)cc2n1CCCO. The van der Waals surface area contributed by atoms with Crippen LogP contribution in [0.25, 0.3) is 22.4 Å². The summed E-state index contributed by atoms with van der Waals surface area (Å²) in [6, 6.07) is 12.7. The molecule has 2 aromatic carbocycles. The van der Waals surface area contributed by atoms with E-state index in [4.69, 9.17) is 14.5 Å². The zero-order valence-corrected chi connectivity index (χ0v) is 19.9. The lowest BCUT2D eigenvalue weighted by molar-refractivity contribution is 0.00609. The highest BCUT2D eigenvalue weighted by atomic mass is 16.5. The summed E-state index contributed by atoms with van der Waals surface area (Å²) in [5, 5.41) is 40.5. The van der Waals surface area contributed by atoms with Crippen molar-refractivity contribution in [1.29, 1.82) is 5.26 Å². The fourth-order valence-electron chi connectivity index (χ4n) is 4.43. The number of methoxy groups -OCH3 is 1. The Morgan fingerprint density at radius 3 is 2.83 bits per heavy atom. The number of imidazole rings is 1. The maximum atomic E-state index is 11.2. The molecule has 35 heavy (non-hydrogen) atoms. The number of hydrogen-bond donors (Lipinski definition) is 3. The zero-order chi connectivity index (χ0) is 24.9. The van der Waals surface area contributed by atoms with Gasteiger partial charge in [0.25, 0.3) is 0 Å². The number of hydrogen-bond acceptors (Lipinski definition) is 8. The number of fused-ring (bicyclic) bond motifs is 1. The fraction of sp³-hybridized carbons (Fsp3) is 0.385. The Hall–Kier alpha value is -3.58. The summed E-state index contributed by atoms with van der Waals surface area (Å²) in [7, 11) is 1.58. The van der Waals surface area contributed by atoms with Gasteiger partial charge in [0, 0.05) is 36.9 Å². The lowest BCUT2D eigenvalue weighted by atomic mass is 10.0. The van der Waals surface area contributed by atoms with Gasteiger partial charge in [-0.3, -0.25) is 0 Å². The minimum absolute atomic E-state index is 0.00959. The predicted octanol–water partition coefficient (Wildman–Crippen LogP) is 3.29. The van der Waals surface area contributed by atoms with Crippen LogP contribution < -0.4 is 9.64 Å². The number of ether oxygens (including phenoxy) is 2. The van der Waals surface area contributed by atoms with E-state index in [1.807, 2.05) is 28.5 Å². The molecule has 2 heterocycles. The van der Waals surface area contributed by atoms with Crippen molar-refractivity contribution >= 4 is 28.1 Å². The molecule has 0 radical (unpaired) electrons. The van der Waals surface area contributed by atoms with E-state index in [0.717, 1.165) is 5.52 Å². The van der Waals surface area contributed by atoms with Crippen LogP contribution in [0.5, 0.6) is 5.75 Å². The molecule has 1 aliphatic rings. The average Bonchev–Trinajstić information content (AvgIpc) is 3.24. The monoisotopic (exact) mass is 478 g/mol. The Balaban J connectivity index is 1.91. The molecule has 0 spiro atoms. The smallest absolute Gasteiger partial charge is 0.150 e. The quantitative estimate of drug-likeness (QED) is 0.422. The van der Waals surface area contributed by atoms with Gasteiger partial charge in [0.1, 0.15) is 17.3 Å². The van der Waals surface area contributed by atoms with Crippen molar-refractivity contribution in [2.75, 3.05) is 38.4 Å². The van der Waals surface area contributed by atoms with Crippen molar-refractivity contribution in [3.05, 3.63) is 53.3 Å². The second-order valence-electron chi connectivity index (χ2n) is 8.30. The lowest BCUT2D eigenvalue weighted by Crippen LogP contribution is -2.45. The highest BCUT2D eigenvalue weighted by molar-refractivity contribution is 5.91. The highest BCUT2D eigenvalue weighted by Gasteiger charge is 2.26. The molecule has 1 unspecified atom stereocenters. The number of morpholine rings is 1.